The second-order valence-electron chi connectivity index (χ2n) is 7.10. The Morgan fingerprint density at radius 1 is 0.973 bits per heavy atom. The van der Waals surface area contributed by atoms with E-state index in [0.717, 1.165) is 37.2 Å². The van der Waals surface area contributed by atoms with E-state index in [1.54, 1.807) is 36.6 Å². The van der Waals surface area contributed by atoms with Gasteiger partial charge in [0.05, 0.1) is 23.3 Å². The first-order chi connectivity index (χ1) is 15.9. The summed E-state index contributed by atoms with van der Waals surface area (Å²) in [5, 5.41) is 0.863. The van der Waals surface area contributed by atoms with Gasteiger partial charge in [-0.2, -0.15) is 0 Å². The SMILES string of the molecule is C.C.C.C.C=CCCn1c(C=C)cc(Cl)c1C(=O)OCC.CCOC(=O)c1c(Cl)cc2n1CCCC=C2. The Labute approximate surface area is 234 Å². The Morgan fingerprint density at radius 3 is 2.08 bits per heavy atom. The van der Waals surface area contributed by atoms with Crippen LogP contribution in [0, 0.1) is 0 Å². The van der Waals surface area contributed by atoms with E-state index in [2.05, 4.69) is 19.2 Å². The van der Waals surface area contributed by atoms with E-state index in [1.807, 2.05) is 16.7 Å². The summed E-state index contributed by atoms with van der Waals surface area (Å²) in [5.41, 5.74) is 2.64. The van der Waals surface area contributed by atoms with Crippen molar-refractivity contribution >= 4 is 47.3 Å². The van der Waals surface area contributed by atoms with Gasteiger partial charge >= 0.3 is 11.9 Å². The quantitative estimate of drug-likeness (QED) is 0.240. The zero-order valence-electron chi connectivity index (χ0n) is 19.1. The number of hydrogen-bond acceptors (Lipinski definition) is 4. The number of nitrogens with zero attached hydrogens (tertiary/aromatic N) is 2. The molecule has 0 fully saturated rings. The van der Waals surface area contributed by atoms with Gasteiger partial charge in [0.15, 0.2) is 0 Å². The van der Waals surface area contributed by atoms with E-state index >= 15 is 0 Å². The predicted molar refractivity (Wildman–Crippen MR) is 161 cm³/mol. The highest BCUT2D eigenvalue weighted by molar-refractivity contribution is 6.34. The van der Waals surface area contributed by atoms with Crippen LogP contribution >= 0.6 is 23.2 Å². The number of esters is 2. The summed E-state index contributed by atoms with van der Waals surface area (Å²) in [5.74, 6) is -0.747. The molecule has 0 unspecified atom stereocenters. The average Bonchev–Trinajstić information content (AvgIpc) is 3.18. The summed E-state index contributed by atoms with van der Waals surface area (Å²) in [7, 11) is 0. The number of hydrogen-bond donors (Lipinski definition) is 0. The Balaban J connectivity index is -0.000000564. The Morgan fingerprint density at radius 2 is 1.54 bits per heavy atom. The molecule has 0 aromatic carbocycles. The molecular formula is C29H46Cl2N2O4. The maximum atomic E-state index is 11.8. The summed E-state index contributed by atoms with van der Waals surface area (Å²) in [6.45, 7) is 13.0. The normalized spacial score (nSPS) is 10.8. The molecule has 0 amide bonds. The number of carbonyl (C=O) groups excluding carboxylic acids is 2. The first-order valence-electron chi connectivity index (χ1n) is 10.9. The van der Waals surface area contributed by atoms with E-state index in [1.165, 1.54) is 0 Å². The molecule has 0 N–H and O–H groups in total. The number of allylic oxidation sites excluding steroid dienone is 2. The molecule has 2 aromatic heterocycles. The lowest BCUT2D eigenvalue weighted by Crippen LogP contribution is -2.13. The first-order valence-corrected chi connectivity index (χ1v) is 11.7. The summed E-state index contributed by atoms with van der Waals surface area (Å²) in [6, 6.07) is 3.53. The van der Waals surface area contributed by atoms with E-state index < -0.39 is 5.97 Å². The van der Waals surface area contributed by atoms with Gasteiger partial charge in [0.1, 0.15) is 11.4 Å². The maximum Gasteiger partial charge on any atom is 0.356 e. The molecule has 0 radical (unpaired) electrons. The van der Waals surface area contributed by atoms with Gasteiger partial charge < -0.3 is 18.6 Å². The molecule has 210 valence electrons. The van der Waals surface area contributed by atoms with Crippen molar-refractivity contribution in [1.82, 2.24) is 9.13 Å². The number of aromatic nitrogens is 2. The third kappa shape index (κ3) is 9.94. The lowest BCUT2D eigenvalue weighted by molar-refractivity contribution is 0.0504. The van der Waals surface area contributed by atoms with Crippen LogP contribution < -0.4 is 0 Å². The Kier molecular flexibility index (Phi) is 20.4. The molecule has 0 saturated heterocycles. The number of carbonyl (C=O) groups is 2. The molecular weight excluding hydrogens is 511 g/mol. The van der Waals surface area contributed by atoms with Gasteiger partial charge in [-0.1, -0.05) is 71.6 Å². The molecule has 6 nitrogen and oxygen atoms in total. The van der Waals surface area contributed by atoms with Gasteiger partial charge in [0.25, 0.3) is 0 Å². The summed E-state index contributed by atoms with van der Waals surface area (Å²) >= 11 is 12.1. The maximum absolute atomic E-state index is 11.8. The zero-order chi connectivity index (χ0) is 24.4. The fourth-order valence-electron chi connectivity index (χ4n) is 3.46. The van der Waals surface area contributed by atoms with Gasteiger partial charge in [-0.15, -0.1) is 6.58 Å². The largest absolute Gasteiger partial charge is 0.461 e. The molecule has 0 saturated carbocycles. The van der Waals surface area contributed by atoms with Crippen LogP contribution in [0.25, 0.3) is 12.2 Å². The van der Waals surface area contributed by atoms with Crippen molar-refractivity contribution in [2.24, 2.45) is 0 Å². The van der Waals surface area contributed by atoms with E-state index in [0.29, 0.717) is 41.2 Å². The van der Waals surface area contributed by atoms with Gasteiger partial charge in [0, 0.05) is 24.5 Å². The van der Waals surface area contributed by atoms with Crippen LogP contribution in [0.2, 0.25) is 10.0 Å². The molecule has 2 aromatic rings. The third-order valence-corrected chi connectivity index (χ3v) is 5.49. The number of rotatable bonds is 8. The Bertz CT molecular complexity index is 1040. The van der Waals surface area contributed by atoms with Crippen molar-refractivity contribution in [2.75, 3.05) is 13.2 Å². The van der Waals surface area contributed by atoms with Gasteiger partial charge in [-0.25, -0.2) is 9.59 Å². The highest BCUT2D eigenvalue weighted by Gasteiger charge is 2.21. The summed E-state index contributed by atoms with van der Waals surface area (Å²) < 4.78 is 13.7. The second-order valence-corrected chi connectivity index (χ2v) is 7.92. The molecule has 37 heavy (non-hydrogen) atoms. The van der Waals surface area contributed by atoms with E-state index in [-0.39, 0.29) is 35.7 Å². The van der Waals surface area contributed by atoms with Gasteiger partial charge in [-0.05, 0) is 57.4 Å². The van der Waals surface area contributed by atoms with Crippen molar-refractivity contribution in [1.29, 1.82) is 0 Å². The minimum Gasteiger partial charge on any atom is -0.461 e. The minimum absolute atomic E-state index is 0. The molecule has 8 heteroatoms. The van der Waals surface area contributed by atoms with Crippen molar-refractivity contribution in [3.05, 3.63) is 70.3 Å². The predicted octanol–water partition coefficient (Wildman–Crippen LogP) is 9.21. The smallest absolute Gasteiger partial charge is 0.356 e. The van der Waals surface area contributed by atoms with Crippen LogP contribution in [0.4, 0.5) is 0 Å². The topological polar surface area (TPSA) is 62.5 Å². The first kappa shape index (κ1) is 38.8. The fourth-order valence-corrected chi connectivity index (χ4v) is 4.05. The number of ether oxygens (including phenoxy) is 2. The summed E-state index contributed by atoms with van der Waals surface area (Å²) in [6.07, 6.45) is 10.3. The number of halogens is 2. The molecule has 3 heterocycles. The highest BCUT2D eigenvalue weighted by atomic mass is 35.5. The fraction of sp³-hybridized carbons (Fsp3) is 0.448. The van der Waals surface area contributed by atoms with Crippen molar-refractivity contribution in [2.45, 2.75) is 75.9 Å². The molecule has 0 atom stereocenters. The molecule has 3 rings (SSSR count). The molecule has 1 aliphatic rings. The minimum atomic E-state index is -0.408. The van der Waals surface area contributed by atoms with Gasteiger partial charge in [0.2, 0.25) is 0 Å². The summed E-state index contributed by atoms with van der Waals surface area (Å²) in [4.78, 5) is 23.6. The van der Waals surface area contributed by atoms with Crippen LogP contribution in [-0.2, 0) is 22.6 Å². The van der Waals surface area contributed by atoms with Crippen LogP contribution in [-0.4, -0.2) is 34.3 Å². The monoisotopic (exact) mass is 556 g/mol. The lowest BCUT2D eigenvalue weighted by atomic mass is 10.3. The van der Waals surface area contributed by atoms with Crippen molar-refractivity contribution in [3.8, 4) is 0 Å². The third-order valence-electron chi connectivity index (χ3n) is 4.91. The van der Waals surface area contributed by atoms with Crippen LogP contribution in [0.5, 0.6) is 0 Å². The lowest BCUT2D eigenvalue weighted by Gasteiger charge is -2.10. The van der Waals surface area contributed by atoms with Crippen molar-refractivity contribution < 1.29 is 19.1 Å². The molecule has 0 spiro atoms. The van der Waals surface area contributed by atoms with E-state index in [4.69, 9.17) is 32.7 Å². The highest BCUT2D eigenvalue weighted by Crippen LogP contribution is 2.26. The Hall–Kier alpha value is -2.70. The zero-order valence-corrected chi connectivity index (χ0v) is 20.6. The second kappa shape index (κ2) is 19.4. The number of fused-ring (bicyclic) bond motifs is 1. The molecule has 1 aliphatic heterocycles. The van der Waals surface area contributed by atoms with Crippen LogP contribution in [0.15, 0.2) is 37.4 Å². The van der Waals surface area contributed by atoms with E-state index in [9.17, 15) is 9.59 Å². The average molecular weight is 558 g/mol. The standard InChI is InChI=1S/C13H16ClNO2.C12H14ClNO2.4CH4/c1-4-7-8-15-10(5-2)9-11(14)12(15)13(16)17-6-3;1-2-16-12(15)11-10(13)8-9-6-4-3-5-7-14(9)11;;;;/h4-5,9H,1-2,6-8H2,3H3;4,6,8H,2-3,5,7H2,1H3;4*1H4. The molecule has 0 aliphatic carbocycles. The van der Waals surface area contributed by atoms with Crippen LogP contribution in [0.1, 0.15) is 95.2 Å². The van der Waals surface area contributed by atoms with Gasteiger partial charge in [-0.3, -0.25) is 0 Å². The van der Waals surface area contributed by atoms with Crippen LogP contribution in [0.3, 0.4) is 0 Å². The molecule has 0 bridgehead atoms. The van der Waals surface area contributed by atoms with Crippen molar-refractivity contribution in [3.63, 3.8) is 0 Å².